The molecule has 1 N–H and O–H groups in total. The molecule has 2 aliphatic heterocycles. The van der Waals surface area contributed by atoms with E-state index in [9.17, 15) is 0 Å². The van der Waals surface area contributed by atoms with E-state index in [2.05, 4.69) is 95.3 Å². The van der Waals surface area contributed by atoms with Gasteiger partial charge in [0.15, 0.2) is 0 Å². The Morgan fingerprint density at radius 2 is 1.16 bits per heavy atom. The number of fused-ring (bicyclic) bond motifs is 8. The molecule has 0 spiro atoms. The number of aryl methyl sites for hydroxylation is 6. The van der Waals surface area contributed by atoms with E-state index >= 15 is 0 Å². The Labute approximate surface area is 281 Å². The SMILES string of the molecule is CCC1=C(CC)c2nc1c(CC)c1[nH]c(cc3nc(cc4c(CC)c(CC)c(c2CC)n4CC)C=C3)cc1CC.[Cl-].[Cl-].[Mn+2]. The summed E-state index contributed by atoms with van der Waals surface area (Å²) in [5.41, 5.74) is 19.3. The number of H-pyrrole nitrogens is 1. The van der Waals surface area contributed by atoms with Crippen molar-refractivity contribution in [3.05, 3.63) is 68.8 Å². The van der Waals surface area contributed by atoms with E-state index in [-0.39, 0.29) is 41.9 Å². The van der Waals surface area contributed by atoms with Crippen LogP contribution in [0.4, 0.5) is 0 Å². The molecule has 5 heterocycles. The van der Waals surface area contributed by atoms with Gasteiger partial charge in [-0.3, -0.25) is 0 Å². The van der Waals surface area contributed by atoms with Crippen LogP contribution in [-0.4, -0.2) is 19.5 Å². The fraction of sp³-hybridized carbons (Fsp3) is 0.444. The maximum atomic E-state index is 5.61. The van der Waals surface area contributed by atoms with Crippen LogP contribution in [0.2, 0.25) is 0 Å². The van der Waals surface area contributed by atoms with Gasteiger partial charge in [-0.1, -0.05) is 48.5 Å². The first-order valence-corrected chi connectivity index (χ1v) is 15.7. The predicted molar refractivity (Wildman–Crippen MR) is 174 cm³/mol. The van der Waals surface area contributed by atoms with Crippen molar-refractivity contribution in [1.82, 2.24) is 19.5 Å². The number of hydrogen-bond donors (Lipinski definition) is 1. The van der Waals surface area contributed by atoms with E-state index in [0.29, 0.717) is 0 Å². The minimum atomic E-state index is 0. The van der Waals surface area contributed by atoms with Crippen LogP contribution < -0.4 is 24.8 Å². The Morgan fingerprint density at radius 3 is 1.67 bits per heavy atom. The van der Waals surface area contributed by atoms with Crippen LogP contribution in [0.5, 0.6) is 0 Å². The molecule has 0 saturated heterocycles. The molecule has 3 aromatic rings. The van der Waals surface area contributed by atoms with Gasteiger partial charge < -0.3 is 34.4 Å². The average molecular weight is 661 g/mol. The van der Waals surface area contributed by atoms with Gasteiger partial charge in [-0.25, -0.2) is 9.97 Å². The van der Waals surface area contributed by atoms with Crippen molar-refractivity contribution in [2.24, 2.45) is 0 Å². The van der Waals surface area contributed by atoms with Gasteiger partial charge in [0.05, 0.1) is 28.3 Å². The summed E-state index contributed by atoms with van der Waals surface area (Å²) < 4.78 is 2.55. The summed E-state index contributed by atoms with van der Waals surface area (Å²) in [5, 5.41) is 0. The first kappa shape index (κ1) is 36.9. The predicted octanol–water partition coefficient (Wildman–Crippen LogP) is 3.53. The topological polar surface area (TPSA) is 46.5 Å². The average Bonchev–Trinajstić information content (AvgIpc) is 3.73. The molecule has 5 rings (SSSR count). The number of aromatic nitrogens is 4. The molecule has 4 nitrogen and oxygen atoms in total. The van der Waals surface area contributed by atoms with Gasteiger partial charge in [0.2, 0.25) is 0 Å². The molecular formula is C36H46Cl2MnN4. The van der Waals surface area contributed by atoms with Gasteiger partial charge in [0, 0.05) is 34.2 Å². The van der Waals surface area contributed by atoms with Crippen LogP contribution >= 0.6 is 0 Å². The van der Waals surface area contributed by atoms with E-state index in [1.54, 1.807) is 0 Å². The van der Waals surface area contributed by atoms with E-state index in [0.717, 1.165) is 68.4 Å². The number of allylic oxidation sites excluding steroid dienone is 2. The molecule has 8 bridgehead atoms. The number of nitrogens with one attached hydrogen (secondary N) is 1. The Bertz CT molecular complexity index is 1690. The van der Waals surface area contributed by atoms with Crippen LogP contribution in [0.1, 0.15) is 119 Å². The first-order valence-electron chi connectivity index (χ1n) is 15.7. The molecule has 231 valence electrons. The largest absolute Gasteiger partial charge is 2.00 e. The van der Waals surface area contributed by atoms with Crippen LogP contribution in [-0.2, 0) is 55.7 Å². The number of hydrogen-bond acceptors (Lipinski definition) is 2. The third-order valence-corrected chi connectivity index (χ3v) is 8.85. The Hall–Kier alpha value is -2.30. The van der Waals surface area contributed by atoms with Crippen LogP contribution in [0.15, 0.2) is 18.2 Å². The van der Waals surface area contributed by atoms with E-state index in [4.69, 9.17) is 9.97 Å². The number of halogens is 2. The molecule has 0 unspecified atom stereocenters. The van der Waals surface area contributed by atoms with Crippen molar-refractivity contribution in [1.29, 1.82) is 0 Å². The van der Waals surface area contributed by atoms with Gasteiger partial charge in [0.25, 0.3) is 0 Å². The van der Waals surface area contributed by atoms with Crippen LogP contribution in [0, 0.1) is 0 Å². The molecule has 7 heteroatoms. The van der Waals surface area contributed by atoms with E-state index < -0.39 is 0 Å². The van der Waals surface area contributed by atoms with E-state index in [1.807, 2.05) is 0 Å². The summed E-state index contributed by atoms with van der Waals surface area (Å²) in [5.74, 6) is 0. The fourth-order valence-electron chi connectivity index (χ4n) is 7.06. The summed E-state index contributed by atoms with van der Waals surface area (Å²) in [7, 11) is 0. The molecule has 1 radical (unpaired) electrons. The zero-order valence-electron chi connectivity index (χ0n) is 27.0. The van der Waals surface area contributed by atoms with Gasteiger partial charge in [-0.05, 0) is 110 Å². The number of aromatic amines is 1. The van der Waals surface area contributed by atoms with Crippen molar-refractivity contribution < 1.29 is 41.9 Å². The summed E-state index contributed by atoms with van der Waals surface area (Å²) in [6.45, 7) is 19.2. The van der Waals surface area contributed by atoms with Gasteiger partial charge in [0.1, 0.15) is 0 Å². The van der Waals surface area contributed by atoms with Crippen molar-refractivity contribution in [2.45, 2.75) is 107 Å². The molecule has 0 aliphatic carbocycles. The minimum absolute atomic E-state index is 0. The second kappa shape index (κ2) is 15.6. The standard InChI is InChI=1S/C36H46N4.2ClH.Mn/c1-9-22-19-25-20-23-17-18-24(37-23)21-32-26(10-2)29(13-5)36(40(32)16-8)31(15-7)35-28(12-4)27(11-3)34(39-35)30(14-6)33(22)38-25;;;/h17-21,38H,9-16H2,1-8H3;2*1H;/q;;;+2/p-2. The quantitative estimate of drug-likeness (QED) is 0.295. The normalized spacial score (nSPS) is 12.2. The molecule has 0 amide bonds. The molecule has 2 aliphatic rings. The summed E-state index contributed by atoms with van der Waals surface area (Å²) in [4.78, 5) is 14.4. The summed E-state index contributed by atoms with van der Waals surface area (Å²) in [6, 6.07) is 6.80. The van der Waals surface area contributed by atoms with Crippen LogP contribution in [0.25, 0.3) is 45.4 Å². The van der Waals surface area contributed by atoms with Gasteiger partial charge >= 0.3 is 17.1 Å². The van der Waals surface area contributed by atoms with Gasteiger partial charge in [-0.2, -0.15) is 0 Å². The first-order chi connectivity index (χ1) is 19.5. The smallest absolute Gasteiger partial charge is 1.00 e. The monoisotopic (exact) mass is 659 g/mol. The molecule has 0 aromatic carbocycles. The number of rotatable bonds is 8. The van der Waals surface area contributed by atoms with Crippen molar-refractivity contribution >= 4 is 45.4 Å². The van der Waals surface area contributed by atoms with E-state index in [1.165, 1.54) is 66.9 Å². The molecule has 43 heavy (non-hydrogen) atoms. The molecular weight excluding hydrogens is 614 g/mol. The third kappa shape index (κ3) is 6.29. The second-order valence-electron chi connectivity index (χ2n) is 10.8. The molecule has 0 saturated carbocycles. The summed E-state index contributed by atoms with van der Waals surface area (Å²) >= 11 is 0. The Kier molecular flexibility index (Phi) is 13.4. The zero-order valence-corrected chi connectivity index (χ0v) is 29.7. The van der Waals surface area contributed by atoms with Crippen LogP contribution in [0.3, 0.4) is 0 Å². The summed E-state index contributed by atoms with van der Waals surface area (Å²) in [6.07, 6.45) is 11.2. The Morgan fingerprint density at radius 1 is 0.605 bits per heavy atom. The third-order valence-electron chi connectivity index (χ3n) is 8.85. The maximum Gasteiger partial charge on any atom is 2.00 e. The molecule has 0 fully saturated rings. The fourth-order valence-corrected chi connectivity index (χ4v) is 7.06. The second-order valence-corrected chi connectivity index (χ2v) is 10.8. The molecule has 0 atom stereocenters. The van der Waals surface area contributed by atoms with Crippen molar-refractivity contribution in [2.75, 3.05) is 0 Å². The minimum Gasteiger partial charge on any atom is -1.00 e. The molecule has 3 aromatic heterocycles. The Balaban J connectivity index is 0.00000215. The van der Waals surface area contributed by atoms with Gasteiger partial charge in [-0.15, -0.1) is 0 Å². The zero-order chi connectivity index (χ0) is 28.6. The van der Waals surface area contributed by atoms with Crippen molar-refractivity contribution in [3.63, 3.8) is 0 Å². The maximum absolute atomic E-state index is 5.61. The number of nitrogens with zero attached hydrogens (tertiary/aromatic N) is 3. The van der Waals surface area contributed by atoms with Crippen molar-refractivity contribution in [3.8, 4) is 0 Å².